The maximum absolute atomic E-state index is 12.5. The van der Waals surface area contributed by atoms with Crippen LogP contribution >= 0.6 is 11.6 Å². The van der Waals surface area contributed by atoms with E-state index in [2.05, 4.69) is 10.2 Å². The highest BCUT2D eigenvalue weighted by Gasteiger charge is 2.27. The Bertz CT molecular complexity index is 589. The zero-order chi connectivity index (χ0) is 18.2. The lowest BCUT2D eigenvalue weighted by atomic mass is 10.2. The summed E-state index contributed by atoms with van der Waals surface area (Å²) in [5.74, 6) is 0.489. The molecule has 1 atom stereocenters. The smallest absolute Gasteiger partial charge is 0.263 e. The molecule has 0 saturated carbocycles. The Balaban J connectivity index is 1.78. The summed E-state index contributed by atoms with van der Waals surface area (Å²) in [5.41, 5.74) is 0. The van der Waals surface area contributed by atoms with Gasteiger partial charge in [0, 0.05) is 32.7 Å². The first kappa shape index (κ1) is 19.5. The van der Waals surface area contributed by atoms with Crippen molar-refractivity contribution in [3.63, 3.8) is 0 Å². The first-order valence-electron chi connectivity index (χ1n) is 8.70. The Morgan fingerprint density at radius 1 is 1.24 bits per heavy atom. The number of hydrogen-bond donors (Lipinski definition) is 1. The highest BCUT2D eigenvalue weighted by Crippen LogP contribution is 2.24. The number of benzene rings is 1. The molecule has 1 aliphatic rings. The fourth-order valence-corrected chi connectivity index (χ4v) is 2.87. The number of ether oxygens (including phenoxy) is 1. The molecule has 2 rings (SSSR count). The molecule has 1 aliphatic heterocycles. The minimum absolute atomic E-state index is 0.0389. The topological polar surface area (TPSA) is 61.9 Å². The van der Waals surface area contributed by atoms with E-state index in [0.29, 0.717) is 50.0 Å². The first-order valence-corrected chi connectivity index (χ1v) is 9.08. The Labute approximate surface area is 154 Å². The van der Waals surface area contributed by atoms with Gasteiger partial charge in [-0.15, -0.1) is 0 Å². The average molecular weight is 368 g/mol. The van der Waals surface area contributed by atoms with Crippen LogP contribution in [-0.2, 0) is 9.59 Å². The second kappa shape index (κ2) is 9.63. The van der Waals surface area contributed by atoms with Crippen molar-refractivity contribution >= 4 is 23.4 Å². The van der Waals surface area contributed by atoms with Crippen molar-refractivity contribution in [1.29, 1.82) is 0 Å². The average Bonchev–Trinajstić information content (AvgIpc) is 2.62. The lowest BCUT2D eigenvalue weighted by molar-refractivity contribution is -0.139. The third kappa shape index (κ3) is 5.90. The Morgan fingerprint density at radius 2 is 1.92 bits per heavy atom. The number of halogens is 1. The summed E-state index contributed by atoms with van der Waals surface area (Å²) in [6.45, 7) is 7.40. The molecule has 1 unspecified atom stereocenters. The molecule has 0 bridgehead atoms. The van der Waals surface area contributed by atoms with Gasteiger partial charge in [-0.25, -0.2) is 0 Å². The number of nitrogens with one attached hydrogen (secondary N) is 1. The van der Waals surface area contributed by atoms with Gasteiger partial charge in [0.05, 0.1) is 11.6 Å². The summed E-state index contributed by atoms with van der Waals surface area (Å²) in [6.07, 6.45) is 0.330. The quantitative estimate of drug-likeness (QED) is 0.798. The van der Waals surface area contributed by atoms with Gasteiger partial charge in [0.2, 0.25) is 5.91 Å². The van der Waals surface area contributed by atoms with Crippen LogP contribution in [0.1, 0.15) is 20.3 Å². The van der Waals surface area contributed by atoms with Crippen LogP contribution in [0.25, 0.3) is 0 Å². The third-order valence-electron chi connectivity index (χ3n) is 4.11. The number of piperazine rings is 1. The standard InChI is InChI=1S/C18H26ClN3O3/c1-3-8-20-17(23)13-21-9-11-22(12-10-21)18(24)14(2)25-16-7-5-4-6-15(16)19/h4-7,14H,3,8-13H2,1-2H3,(H,20,23). The van der Waals surface area contributed by atoms with Crippen molar-refractivity contribution in [2.45, 2.75) is 26.4 Å². The van der Waals surface area contributed by atoms with Gasteiger partial charge in [-0.2, -0.15) is 0 Å². The Hall–Kier alpha value is -1.79. The number of nitrogens with zero attached hydrogens (tertiary/aromatic N) is 2. The van der Waals surface area contributed by atoms with E-state index >= 15 is 0 Å². The summed E-state index contributed by atoms with van der Waals surface area (Å²) < 4.78 is 5.69. The molecule has 0 radical (unpaired) electrons. The molecule has 1 heterocycles. The van der Waals surface area contributed by atoms with E-state index in [1.807, 2.05) is 19.1 Å². The normalized spacial score (nSPS) is 16.4. The molecule has 1 fully saturated rings. The number of hydrogen-bond acceptors (Lipinski definition) is 4. The molecule has 0 aliphatic carbocycles. The first-order chi connectivity index (χ1) is 12.0. The molecule has 7 heteroatoms. The maximum atomic E-state index is 12.5. The SMILES string of the molecule is CCCNC(=O)CN1CCN(C(=O)C(C)Oc2ccccc2Cl)CC1. The zero-order valence-corrected chi connectivity index (χ0v) is 15.6. The van der Waals surface area contributed by atoms with E-state index in [-0.39, 0.29) is 11.8 Å². The second-order valence-corrected chi connectivity index (χ2v) is 6.55. The van der Waals surface area contributed by atoms with Gasteiger partial charge in [0.15, 0.2) is 6.10 Å². The molecular formula is C18H26ClN3O3. The number of amides is 2. The van der Waals surface area contributed by atoms with Crippen molar-refractivity contribution in [2.24, 2.45) is 0 Å². The molecule has 25 heavy (non-hydrogen) atoms. The van der Waals surface area contributed by atoms with E-state index in [0.717, 1.165) is 6.42 Å². The lowest BCUT2D eigenvalue weighted by Gasteiger charge is -2.35. The van der Waals surface area contributed by atoms with Crippen molar-refractivity contribution in [3.05, 3.63) is 29.3 Å². The van der Waals surface area contributed by atoms with Gasteiger partial charge in [-0.1, -0.05) is 30.7 Å². The highest BCUT2D eigenvalue weighted by molar-refractivity contribution is 6.32. The molecular weight excluding hydrogens is 342 g/mol. The van der Waals surface area contributed by atoms with Gasteiger partial charge in [-0.05, 0) is 25.5 Å². The summed E-state index contributed by atoms with van der Waals surface area (Å²) in [7, 11) is 0. The molecule has 138 valence electrons. The largest absolute Gasteiger partial charge is 0.479 e. The molecule has 0 spiro atoms. The summed E-state index contributed by atoms with van der Waals surface area (Å²) in [5, 5.41) is 3.36. The molecule has 6 nitrogen and oxygen atoms in total. The van der Waals surface area contributed by atoms with Gasteiger partial charge in [0.1, 0.15) is 5.75 Å². The third-order valence-corrected chi connectivity index (χ3v) is 4.42. The predicted octanol–water partition coefficient (Wildman–Crippen LogP) is 1.78. The van der Waals surface area contributed by atoms with Gasteiger partial charge < -0.3 is 15.0 Å². The Morgan fingerprint density at radius 3 is 2.56 bits per heavy atom. The molecule has 1 saturated heterocycles. The molecule has 1 aromatic carbocycles. The number of rotatable bonds is 7. The fourth-order valence-electron chi connectivity index (χ4n) is 2.69. The van der Waals surface area contributed by atoms with Crippen LogP contribution < -0.4 is 10.1 Å². The van der Waals surface area contributed by atoms with E-state index < -0.39 is 6.10 Å². The fraction of sp³-hybridized carbons (Fsp3) is 0.556. The van der Waals surface area contributed by atoms with Crippen LogP contribution in [0.4, 0.5) is 0 Å². The van der Waals surface area contributed by atoms with Gasteiger partial charge >= 0.3 is 0 Å². The summed E-state index contributed by atoms with van der Waals surface area (Å²) >= 11 is 6.07. The summed E-state index contributed by atoms with van der Waals surface area (Å²) in [4.78, 5) is 28.2. The van der Waals surface area contributed by atoms with Crippen LogP contribution in [0.15, 0.2) is 24.3 Å². The van der Waals surface area contributed by atoms with Crippen LogP contribution in [-0.4, -0.2) is 67.0 Å². The van der Waals surface area contributed by atoms with E-state index in [4.69, 9.17) is 16.3 Å². The molecule has 1 aromatic rings. The maximum Gasteiger partial charge on any atom is 0.263 e. The lowest BCUT2D eigenvalue weighted by Crippen LogP contribution is -2.53. The zero-order valence-electron chi connectivity index (χ0n) is 14.8. The second-order valence-electron chi connectivity index (χ2n) is 6.14. The van der Waals surface area contributed by atoms with Gasteiger partial charge in [-0.3, -0.25) is 14.5 Å². The van der Waals surface area contributed by atoms with E-state index in [9.17, 15) is 9.59 Å². The minimum Gasteiger partial charge on any atom is -0.479 e. The number of carbonyl (C=O) groups excluding carboxylic acids is 2. The highest BCUT2D eigenvalue weighted by atomic mass is 35.5. The van der Waals surface area contributed by atoms with Crippen LogP contribution in [0.5, 0.6) is 5.75 Å². The van der Waals surface area contributed by atoms with Crippen LogP contribution in [0.2, 0.25) is 5.02 Å². The predicted molar refractivity (Wildman–Crippen MR) is 97.9 cm³/mol. The van der Waals surface area contributed by atoms with E-state index in [1.54, 1.807) is 24.0 Å². The van der Waals surface area contributed by atoms with Crippen molar-refractivity contribution in [1.82, 2.24) is 15.1 Å². The Kier molecular flexibility index (Phi) is 7.52. The minimum atomic E-state index is -0.598. The molecule has 1 N–H and O–H groups in total. The number of para-hydroxylation sites is 1. The van der Waals surface area contributed by atoms with Crippen molar-refractivity contribution in [3.8, 4) is 5.75 Å². The summed E-state index contributed by atoms with van der Waals surface area (Å²) in [6, 6.07) is 7.12. The number of carbonyl (C=O) groups is 2. The van der Waals surface area contributed by atoms with E-state index in [1.165, 1.54) is 0 Å². The van der Waals surface area contributed by atoms with Crippen LogP contribution in [0.3, 0.4) is 0 Å². The van der Waals surface area contributed by atoms with Crippen molar-refractivity contribution in [2.75, 3.05) is 39.3 Å². The van der Waals surface area contributed by atoms with Crippen molar-refractivity contribution < 1.29 is 14.3 Å². The molecule has 2 amide bonds. The van der Waals surface area contributed by atoms with Gasteiger partial charge in [0.25, 0.3) is 5.91 Å². The monoisotopic (exact) mass is 367 g/mol. The van der Waals surface area contributed by atoms with Crippen LogP contribution in [0, 0.1) is 0 Å². The molecule has 0 aromatic heterocycles.